The van der Waals surface area contributed by atoms with Crippen LogP contribution in [0.15, 0.2) is 248 Å². The van der Waals surface area contributed by atoms with Crippen LogP contribution in [0.5, 0.6) is 0 Å². The van der Waals surface area contributed by atoms with Crippen LogP contribution in [0, 0.1) is 34.6 Å². The molecule has 0 amide bonds. The largest absolute Gasteiger partial charge is 0.0836 e. The lowest BCUT2D eigenvalue weighted by molar-refractivity contribution is 0.774. The minimum atomic E-state index is -0.450. The van der Waals surface area contributed by atoms with Crippen molar-refractivity contribution in [1.82, 2.24) is 0 Å². The predicted octanol–water partition coefficient (Wildman–Crippen LogP) is 19.7. The van der Waals surface area contributed by atoms with Crippen molar-refractivity contribution in [3.05, 3.63) is 315 Å². The van der Waals surface area contributed by atoms with E-state index in [2.05, 4.69) is 248 Å². The van der Waals surface area contributed by atoms with E-state index in [9.17, 15) is 0 Å². The van der Waals surface area contributed by atoms with Gasteiger partial charge in [-0.25, -0.2) is 0 Å². The second kappa shape index (κ2) is 23.9. The highest BCUT2D eigenvalue weighted by Gasteiger charge is 2.47. The molecule has 358 valence electrons. The molecule has 0 saturated carbocycles. The first-order valence-electron chi connectivity index (χ1n) is 25.9. The Balaban J connectivity index is 0.000000181. The SMILES string of the molecule is CC.CC1=C(c2ccc(C)cc2C)C=CCC1.Cc1ccc2c(c1)C(c1ccccc1)(c1cccc3ccccc13)c1cc(Cc3ccccc3)c3ccccc3c1-2.Cc1ccccc1.Cc1ccccc1. The summed E-state index contributed by atoms with van der Waals surface area (Å²) in [6.45, 7) is 17.0. The van der Waals surface area contributed by atoms with E-state index in [-0.39, 0.29) is 0 Å². The molecule has 10 aromatic rings. The average Bonchev–Trinajstić information content (AvgIpc) is 3.70. The Hall–Kier alpha value is -7.80. The molecule has 0 N–H and O–H groups in total. The van der Waals surface area contributed by atoms with E-state index in [0.717, 1.165) is 6.42 Å². The molecule has 0 bridgehead atoms. The fourth-order valence-electron chi connectivity index (χ4n) is 10.6. The maximum Gasteiger partial charge on any atom is 0.0719 e. The van der Waals surface area contributed by atoms with E-state index in [1.807, 2.05) is 50.2 Å². The summed E-state index contributed by atoms with van der Waals surface area (Å²) in [4.78, 5) is 0. The maximum atomic E-state index is 2.54. The first-order valence-corrected chi connectivity index (χ1v) is 25.9. The molecule has 0 spiro atoms. The van der Waals surface area contributed by atoms with Crippen LogP contribution in [0.4, 0.5) is 0 Å². The molecule has 0 saturated heterocycles. The van der Waals surface area contributed by atoms with Gasteiger partial charge in [-0.3, -0.25) is 0 Å². The third-order valence-electron chi connectivity index (χ3n) is 14.0. The van der Waals surface area contributed by atoms with Crippen LogP contribution in [0.1, 0.15) is 100 Å². The van der Waals surface area contributed by atoms with Crippen molar-refractivity contribution in [3.63, 3.8) is 0 Å². The summed E-state index contributed by atoms with van der Waals surface area (Å²) >= 11 is 0. The molecule has 72 heavy (non-hydrogen) atoms. The summed E-state index contributed by atoms with van der Waals surface area (Å²) in [5.74, 6) is 0. The number of benzene rings is 10. The van der Waals surface area contributed by atoms with Crippen molar-refractivity contribution in [3.8, 4) is 11.1 Å². The second-order valence-corrected chi connectivity index (χ2v) is 19.1. The Kier molecular flexibility index (Phi) is 16.8. The van der Waals surface area contributed by atoms with E-state index in [1.54, 1.807) is 0 Å². The van der Waals surface area contributed by atoms with E-state index in [1.165, 1.54) is 123 Å². The Morgan fingerprint density at radius 1 is 0.403 bits per heavy atom. The van der Waals surface area contributed by atoms with Crippen LogP contribution < -0.4 is 0 Å². The van der Waals surface area contributed by atoms with E-state index in [4.69, 9.17) is 0 Å². The molecule has 2 aliphatic carbocycles. The fourth-order valence-corrected chi connectivity index (χ4v) is 10.6. The van der Waals surface area contributed by atoms with Gasteiger partial charge in [-0.2, -0.15) is 0 Å². The first kappa shape index (κ1) is 50.6. The Morgan fingerprint density at radius 2 is 0.931 bits per heavy atom. The van der Waals surface area contributed by atoms with E-state index < -0.39 is 5.41 Å². The van der Waals surface area contributed by atoms with Crippen molar-refractivity contribution in [2.24, 2.45) is 0 Å². The summed E-state index contributed by atoms with van der Waals surface area (Å²) in [6.07, 6.45) is 7.85. The molecular weight excluding hydrogens is 865 g/mol. The highest BCUT2D eigenvalue weighted by molar-refractivity contribution is 6.06. The van der Waals surface area contributed by atoms with Crippen LogP contribution in [-0.2, 0) is 11.8 Å². The zero-order chi connectivity index (χ0) is 50.5. The van der Waals surface area contributed by atoms with E-state index in [0.29, 0.717) is 0 Å². The maximum absolute atomic E-state index is 2.54. The number of rotatable bonds is 5. The lowest BCUT2D eigenvalue weighted by atomic mass is 9.66. The molecule has 10 aromatic carbocycles. The molecule has 12 rings (SSSR count). The topological polar surface area (TPSA) is 0 Å². The van der Waals surface area contributed by atoms with Crippen molar-refractivity contribution in [2.75, 3.05) is 0 Å². The monoisotopic (exact) mass is 935 g/mol. The van der Waals surface area contributed by atoms with E-state index >= 15 is 0 Å². The van der Waals surface area contributed by atoms with Gasteiger partial charge in [0, 0.05) is 0 Å². The summed E-state index contributed by atoms with van der Waals surface area (Å²) < 4.78 is 0. The molecule has 0 heterocycles. The van der Waals surface area contributed by atoms with Crippen molar-refractivity contribution in [2.45, 2.75) is 80.1 Å². The van der Waals surface area contributed by atoms with Crippen molar-refractivity contribution >= 4 is 27.1 Å². The second-order valence-electron chi connectivity index (χ2n) is 19.1. The van der Waals surface area contributed by atoms with Gasteiger partial charge in [0.05, 0.1) is 5.41 Å². The number of allylic oxidation sites excluding steroid dienone is 4. The normalized spacial score (nSPS) is 14.0. The Bertz CT molecular complexity index is 3390. The summed E-state index contributed by atoms with van der Waals surface area (Å²) in [5, 5.41) is 5.24. The van der Waals surface area contributed by atoms with Crippen LogP contribution in [0.25, 0.3) is 38.2 Å². The third kappa shape index (κ3) is 11.0. The standard InChI is InChI=1S/C41H30.C15H18.2C7H8.C2H6/c1-28-23-24-36-38(25-28)41(32-17-6-3-7-18-32,37-22-12-16-30-15-8-9-20-34(30)37)39-27-31(26-29-13-4-2-5-14-29)33-19-10-11-21-35(33)40(36)39;1-11-8-9-15(13(3)10-11)14-7-5-4-6-12(14)2;2*1-7-5-3-2-4-6-7;1-2/h2-25,27H,26H2,1H3;5,7-10H,4,6H2,1-3H3;2*2-6H,1H3;1-2H3. The molecule has 0 heteroatoms. The quantitative estimate of drug-likeness (QED) is 0.161. The average molecular weight is 935 g/mol. The Morgan fingerprint density at radius 3 is 1.53 bits per heavy atom. The third-order valence-corrected chi connectivity index (χ3v) is 14.0. The molecular formula is C72H70. The molecule has 2 aliphatic rings. The van der Waals surface area contributed by atoms with Gasteiger partial charge >= 0.3 is 0 Å². The van der Waals surface area contributed by atoms with Gasteiger partial charge in [0.15, 0.2) is 0 Å². The van der Waals surface area contributed by atoms with Crippen LogP contribution in [-0.4, -0.2) is 0 Å². The zero-order valence-corrected chi connectivity index (χ0v) is 43.7. The molecule has 1 unspecified atom stereocenters. The van der Waals surface area contributed by atoms with Gasteiger partial charge in [0.25, 0.3) is 0 Å². The summed E-state index contributed by atoms with van der Waals surface area (Å²) in [5.41, 5.74) is 21.4. The molecule has 0 fully saturated rings. The number of aryl methyl sites for hydroxylation is 5. The number of fused-ring (bicyclic) bond motifs is 6. The first-order chi connectivity index (χ1) is 35.2. The Labute approximate surface area is 431 Å². The van der Waals surface area contributed by atoms with Gasteiger partial charge < -0.3 is 0 Å². The molecule has 0 radical (unpaired) electrons. The minimum absolute atomic E-state index is 0.450. The van der Waals surface area contributed by atoms with Gasteiger partial charge in [-0.1, -0.05) is 284 Å². The highest BCUT2D eigenvalue weighted by atomic mass is 14.5. The summed E-state index contributed by atoms with van der Waals surface area (Å²) in [7, 11) is 0. The summed E-state index contributed by atoms with van der Waals surface area (Å²) in [6, 6.07) is 83.6. The number of hydrogen-bond donors (Lipinski definition) is 0. The minimum Gasteiger partial charge on any atom is -0.0836 e. The molecule has 0 aliphatic heterocycles. The fraction of sp³-hybridized carbons (Fsp3) is 0.167. The van der Waals surface area contributed by atoms with Crippen molar-refractivity contribution in [1.29, 1.82) is 0 Å². The lowest BCUT2D eigenvalue weighted by Crippen LogP contribution is -2.29. The molecule has 0 aromatic heterocycles. The van der Waals surface area contributed by atoms with Gasteiger partial charge in [-0.05, 0) is 144 Å². The smallest absolute Gasteiger partial charge is 0.0719 e. The van der Waals surface area contributed by atoms with Gasteiger partial charge in [0.2, 0.25) is 0 Å². The van der Waals surface area contributed by atoms with Gasteiger partial charge in [-0.15, -0.1) is 0 Å². The van der Waals surface area contributed by atoms with Crippen LogP contribution in [0.2, 0.25) is 0 Å². The zero-order valence-electron chi connectivity index (χ0n) is 43.7. The molecule has 0 nitrogen and oxygen atoms in total. The van der Waals surface area contributed by atoms with Crippen LogP contribution in [0.3, 0.4) is 0 Å². The molecule has 1 atom stereocenters. The highest BCUT2D eigenvalue weighted by Crippen LogP contribution is 2.59. The number of hydrogen-bond acceptors (Lipinski definition) is 0. The van der Waals surface area contributed by atoms with Gasteiger partial charge in [0.1, 0.15) is 0 Å². The van der Waals surface area contributed by atoms with Crippen LogP contribution >= 0.6 is 0 Å². The predicted molar refractivity (Wildman–Crippen MR) is 313 cm³/mol. The lowest BCUT2D eigenvalue weighted by Gasteiger charge is -2.35. The van der Waals surface area contributed by atoms with Crippen molar-refractivity contribution < 1.29 is 0 Å².